The first-order chi connectivity index (χ1) is 17.0. The van der Waals surface area contributed by atoms with Crippen molar-refractivity contribution in [3.05, 3.63) is 102 Å². The highest BCUT2D eigenvalue weighted by molar-refractivity contribution is 5.93. The lowest BCUT2D eigenvalue weighted by Crippen LogP contribution is -2.49. The van der Waals surface area contributed by atoms with Crippen LogP contribution in [0, 0.1) is 23.5 Å². The van der Waals surface area contributed by atoms with Gasteiger partial charge in [-0.2, -0.15) is 0 Å². The van der Waals surface area contributed by atoms with Gasteiger partial charge in [-0.05, 0) is 60.4 Å². The van der Waals surface area contributed by atoms with Crippen LogP contribution in [0.1, 0.15) is 17.5 Å². The van der Waals surface area contributed by atoms with Crippen molar-refractivity contribution >= 4 is 17.5 Å². The molecular weight excluding hydrogens is 448 g/mol. The van der Waals surface area contributed by atoms with Gasteiger partial charge in [-0.1, -0.05) is 42.5 Å². The zero-order valence-electron chi connectivity index (χ0n) is 19.4. The van der Waals surface area contributed by atoms with Crippen LogP contribution in [0.4, 0.5) is 14.5 Å². The van der Waals surface area contributed by atoms with Crippen molar-refractivity contribution in [2.24, 2.45) is 11.8 Å². The molecule has 3 aromatic rings. The minimum atomic E-state index is -0.394. The second-order valence-electron chi connectivity index (χ2n) is 8.97. The number of hydrogen-bond acceptors (Lipinski definition) is 3. The first kappa shape index (κ1) is 24.5. The number of benzene rings is 3. The fraction of sp³-hybridized carbons (Fsp3) is 0.286. The zero-order valence-corrected chi connectivity index (χ0v) is 19.4. The number of anilines is 1. The van der Waals surface area contributed by atoms with Crippen LogP contribution in [0.5, 0.6) is 0 Å². The van der Waals surface area contributed by atoms with Crippen molar-refractivity contribution in [3.8, 4) is 0 Å². The summed E-state index contributed by atoms with van der Waals surface area (Å²) in [5, 5.41) is 5.75. The van der Waals surface area contributed by atoms with Crippen LogP contribution in [-0.4, -0.2) is 36.3 Å². The third kappa shape index (κ3) is 7.20. The Morgan fingerprint density at radius 1 is 0.800 bits per heavy atom. The summed E-state index contributed by atoms with van der Waals surface area (Å²) in [6.07, 6.45) is 1.22. The average Bonchev–Trinajstić information content (AvgIpc) is 2.88. The SMILES string of the molecule is O=C(NCc1cccc(F)c1)[C@H]1C[C@@H](C(=O)Nc2ccc(F)cc2)CN(CCc2ccccc2)C1. The van der Waals surface area contributed by atoms with Crippen LogP contribution in [0.2, 0.25) is 0 Å². The molecule has 3 aromatic carbocycles. The van der Waals surface area contributed by atoms with Crippen LogP contribution in [0.25, 0.3) is 0 Å². The van der Waals surface area contributed by atoms with E-state index in [9.17, 15) is 18.4 Å². The Balaban J connectivity index is 1.42. The third-order valence-electron chi connectivity index (χ3n) is 6.29. The lowest BCUT2D eigenvalue weighted by Gasteiger charge is -2.36. The van der Waals surface area contributed by atoms with E-state index in [-0.39, 0.29) is 35.9 Å². The number of likely N-dealkylation sites (tertiary alicyclic amines) is 1. The maximum absolute atomic E-state index is 13.5. The van der Waals surface area contributed by atoms with Crippen molar-refractivity contribution in [1.82, 2.24) is 10.2 Å². The van der Waals surface area contributed by atoms with Crippen LogP contribution in [0.15, 0.2) is 78.9 Å². The molecule has 4 rings (SSSR count). The maximum Gasteiger partial charge on any atom is 0.228 e. The first-order valence-electron chi connectivity index (χ1n) is 11.8. The van der Waals surface area contributed by atoms with Gasteiger partial charge in [0.2, 0.25) is 11.8 Å². The molecule has 2 N–H and O–H groups in total. The zero-order chi connectivity index (χ0) is 24.6. The minimum Gasteiger partial charge on any atom is -0.352 e. The molecule has 2 atom stereocenters. The molecule has 1 fully saturated rings. The number of amides is 2. The Bertz CT molecular complexity index is 1140. The molecule has 182 valence electrons. The van der Waals surface area contributed by atoms with E-state index in [4.69, 9.17) is 0 Å². The number of halogens is 2. The van der Waals surface area contributed by atoms with Crippen LogP contribution in [0.3, 0.4) is 0 Å². The summed E-state index contributed by atoms with van der Waals surface area (Å²) >= 11 is 0. The topological polar surface area (TPSA) is 61.4 Å². The van der Waals surface area contributed by atoms with Gasteiger partial charge in [0.25, 0.3) is 0 Å². The number of carbonyl (C=O) groups excluding carboxylic acids is 2. The molecule has 35 heavy (non-hydrogen) atoms. The van der Waals surface area contributed by atoms with Crippen molar-refractivity contribution < 1.29 is 18.4 Å². The molecule has 1 heterocycles. The quantitative estimate of drug-likeness (QED) is 0.506. The number of rotatable bonds is 8. The molecule has 1 saturated heterocycles. The molecule has 0 aliphatic carbocycles. The summed E-state index contributed by atoms with van der Waals surface area (Å²) in [5.74, 6) is -1.84. The van der Waals surface area contributed by atoms with Crippen LogP contribution >= 0.6 is 0 Å². The fourth-order valence-electron chi connectivity index (χ4n) is 4.44. The van der Waals surface area contributed by atoms with Gasteiger partial charge in [0, 0.05) is 31.9 Å². The Morgan fingerprint density at radius 3 is 2.20 bits per heavy atom. The van der Waals surface area contributed by atoms with Gasteiger partial charge in [0.1, 0.15) is 11.6 Å². The van der Waals surface area contributed by atoms with E-state index < -0.39 is 5.92 Å². The Kier molecular flexibility index (Phi) is 8.21. The van der Waals surface area contributed by atoms with E-state index in [1.54, 1.807) is 12.1 Å². The lowest BCUT2D eigenvalue weighted by atomic mass is 9.87. The molecular formula is C28H29F2N3O2. The molecule has 0 spiro atoms. The molecule has 0 aromatic heterocycles. The predicted octanol–water partition coefficient (Wildman–Crippen LogP) is 4.40. The second-order valence-corrected chi connectivity index (χ2v) is 8.97. The fourth-order valence-corrected chi connectivity index (χ4v) is 4.44. The molecule has 5 nitrogen and oxygen atoms in total. The summed E-state index contributed by atoms with van der Waals surface area (Å²) in [6.45, 7) is 2.03. The number of hydrogen-bond donors (Lipinski definition) is 2. The normalized spacial score (nSPS) is 18.1. The van der Waals surface area contributed by atoms with Gasteiger partial charge in [0.05, 0.1) is 11.8 Å². The summed E-state index contributed by atoms with van der Waals surface area (Å²) in [7, 11) is 0. The predicted molar refractivity (Wildman–Crippen MR) is 131 cm³/mol. The third-order valence-corrected chi connectivity index (χ3v) is 6.29. The van der Waals surface area contributed by atoms with Crippen molar-refractivity contribution in [3.63, 3.8) is 0 Å². The molecule has 0 bridgehead atoms. The molecule has 7 heteroatoms. The average molecular weight is 478 g/mol. The van der Waals surface area contributed by atoms with Crippen molar-refractivity contribution in [1.29, 1.82) is 0 Å². The Labute approximate surface area is 204 Å². The van der Waals surface area contributed by atoms with Crippen LogP contribution < -0.4 is 10.6 Å². The van der Waals surface area contributed by atoms with E-state index in [0.717, 1.165) is 13.0 Å². The van der Waals surface area contributed by atoms with Crippen molar-refractivity contribution in [2.45, 2.75) is 19.4 Å². The summed E-state index contributed by atoms with van der Waals surface area (Å²) < 4.78 is 26.7. The molecule has 0 saturated carbocycles. The maximum atomic E-state index is 13.5. The molecule has 1 aliphatic heterocycles. The summed E-state index contributed by atoms with van der Waals surface area (Å²) in [5.41, 5.74) is 2.39. The number of carbonyl (C=O) groups is 2. The van der Waals surface area contributed by atoms with E-state index in [0.29, 0.717) is 30.8 Å². The summed E-state index contributed by atoms with van der Waals surface area (Å²) in [4.78, 5) is 28.2. The highest BCUT2D eigenvalue weighted by atomic mass is 19.1. The van der Waals surface area contributed by atoms with Gasteiger partial charge in [-0.15, -0.1) is 0 Å². The molecule has 0 unspecified atom stereocenters. The summed E-state index contributed by atoms with van der Waals surface area (Å²) in [6, 6.07) is 21.8. The number of nitrogens with zero attached hydrogens (tertiary/aromatic N) is 1. The Hall–Kier alpha value is -3.58. The molecule has 2 amide bonds. The van der Waals surface area contributed by atoms with Crippen molar-refractivity contribution in [2.75, 3.05) is 25.0 Å². The highest BCUT2D eigenvalue weighted by Gasteiger charge is 2.35. The van der Waals surface area contributed by atoms with E-state index in [1.165, 1.54) is 42.0 Å². The monoisotopic (exact) mass is 477 g/mol. The lowest BCUT2D eigenvalue weighted by molar-refractivity contribution is -0.130. The van der Waals surface area contributed by atoms with E-state index in [2.05, 4.69) is 27.7 Å². The second kappa shape index (κ2) is 11.7. The van der Waals surface area contributed by atoms with E-state index in [1.807, 2.05) is 18.2 Å². The molecule has 1 aliphatic rings. The Morgan fingerprint density at radius 2 is 1.49 bits per heavy atom. The van der Waals surface area contributed by atoms with Gasteiger partial charge in [-0.3, -0.25) is 9.59 Å². The van der Waals surface area contributed by atoms with Crippen LogP contribution in [-0.2, 0) is 22.6 Å². The van der Waals surface area contributed by atoms with Gasteiger partial charge < -0.3 is 15.5 Å². The number of nitrogens with one attached hydrogen (secondary N) is 2. The van der Waals surface area contributed by atoms with Gasteiger partial charge >= 0.3 is 0 Å². The smallest absolute Gasteiger partial charge is 0.228 e. The largest absolute Gasteiger partial charge is 0.352 e. The minimum absolute atomic E-state index is 0.154. The first-order valence-corrected chi connectivity index (χ1v) is 11.8. The highest BCUT2D eigenvalue weighted by Crippen LogP contribution is 2.24. The molecule has 0 radical (unpaired) electrons. The van der Waals surface area contributed by atoms with Gasteiger partial charge in [-0.25, -0.2) is 8.78 Å². The standard InChI is InChI=1S/C28H29F2N3O2/c29-24-9-11-26(12-10-24)32-28(35)23-16-22(27(34)31-17-21-7-4-8-25(30)15-21)18-33(19-23)14-13-20-5-2-1-3-6-20/h1-12,15,22-23H,13-14,16-19H2,(H,31,34)(H,32,35)/t22-,23+/m0/s1. The van der Waals surface area contributed by atoms with E-state index >= 15 is 0 Å². The number of piperidine rings is 1. The van der Waals surface area contributed by atoms with Gasteiger partial charge in [0.15, 0.2) is 0 Å².